The van der Waals surface area contributed by atoms with Crippen LogP contribution in [-0.4, -0.2) is 25.5 Å². The van der Waals surface area contributed by atoms with E-state index in [1.807, 2.05) is 13.8 Å². The van der Waals surface area contributed by atoms with E-state index in [1.165, 1.54) is 11.4 Å². The molecular formula is C10H15NO4S2. The minimum absolute atomic E-state index is 0.0000723. The van der Waals surface area contributed by atoms with E-state index in [0.717, 1.165) is 11.3 Å². The molecule has 0 aliphatic heterocycles. The van der Waals surface area contributed by atoms with Crippen molar-refractivity contribution in [3.05, 3.63) is 17.0 Å². The Morgan fingerprint density at radius 2 is 2.06 bits per heavy atom. The summed E-state index contributed by atoms with van der Waals surface area (Å²) >= 11 is 0.916. The third-order valence-corrected chi connectivity index (χ3v) is 5.35. The number of rotatable bonds is 6. The van der Waals surface area contributed by atoms with Gasteiger partial charge < -0.3 is 5.11 Å². The zero-order valence-electron chi connectivity index (χ0n) is 9.63. The predicted molar refractivity (Wildman–Crippen MR) is 66.0 cm³/mol. The zero-order valence-corrected chi connectivity index (χ0v) is 11.3. The molecule has 1 heterocycles. The second-order valence-corrected chi connectivity index (χ2v) is 6.45. The molecule has 1 aromatic rings. The fraction of sp³-hybridized carbons (Fsp3) is 0.500. The largest absolute Gasteiger partial charge is 0.478 e. The number of hydrogen-bond acceptors (Lipinski definition) is 4. The van der Waals surface area contributed by atoms with Crippen LogP contribution in [0.1, 0.15) is 37.0 Å². The van der Waals surface area contributed by atoms with Crippen LogP contribution >= 0.6 is 11.3 Å². The molecule has 2 N–H and O–H groups in total. The molecule has 0 aromatic carbocycles. The van der Waals surface area contributed by atoms with Crippen molar-refractivity contribution in [3.63, 3.8) is 0 Å². The molecule has 0 atom stereocenters. The first-order valence-electron chi connectivity index (χ1n) is 5.24. The predicted octanol–water partition coefficient (Wildman–Crippen LogP) is 1.91. The van der Waals surface area contributed by atoms with Crippen molar-refractivity contribution in [2.45, 2.75) is 36.9 Å². The summed E-state index contributed by atoms with van der Waals surface area (Å²) in [6.45, 7) is 3.79. The van der Waals surface area contributed by atoms with Crippen LogP contribution in [0.5, 0.6) is 0 Å². The molecule has 0 aliphatic rings. The summed E-state index contributed by atoms with van der Waals surface area (Å²) < 4.78 is 26.4. The van der Waals surface area contributed by atoms with Crippen LogP contribution in [0.25, 0.3) is 0 Å². The number of aromatic carboxylic acids is 1. The van der Waals surface area contributed by atoms with Crippen LogP contribution in [0.4, 0.5) is 0 Å². The molecular weight excluding hydrogens is 262 g/mol. The number of nitrogens with one attached hydrogen (secondary N) is 1. The fourth-order valence-electron chi connectivity index (χ4n) is 1.30. The first kappa shape index (κ1) is 14.1. The fourth-order valence-corrected chi connectivity index (χ4v) is 3.88. The summed E-state index contributed by atoms with van der Waals surface area (Å²) in [6.07, 6.45) is 1.40. The topological polar surface area (TPSA) is 83.5 Å². The van der Waals surface area contributed by atoms with Gasteiger partial charge >= 0.3 is 5.97 Å². The number of thiophene rings is 1. The molecule has 0 amide bonds. The Morgan fingerprint density at radius 1 is 1.47 bits per heavy atom. The summed E-state index contributed by atoms with van der Waals surface area (Å²) in [7, 11) is -3.59. The molecule has 0 fully saturated rings. The van der Waals surface area contributed by atoms with E-state index in [0.29, 0.717) is 12.8 Å². The van der Waals surface area contributed by atoms with Gasteiger partial charge in [-0.2, -0.15) is 0 Å². The van der Waals surface area contributed by atoms with Gasteiger partial charge in [-0.1, -0.05) is 13.8 Å². The van der Waals surface area contributed by atoms with Gasteiger partial charge in [-0.3, -0.25) is 0 Å². The monoisotopic (exact) mass is 277 g/mol. The molecule has 0 unspecified atom stereocenters. The molecule has 0 spiro atoms. The lowest BCUT2D eigenvalue weighted by Crippen LogP contribution is -2.33. The lowest BCUT2D eigenvalue weighted by Gasteiger charge is -2.13. The van der Waals surface area contributed by atoms with Crippen LogP contribution in [0.2, 0.25) is 0 Å². The van der Waals surface area contributed by atoms with Gasteiger partial charge in [0, 0.05) is 11.4 Å². The average molecular weight is 277 g/mol. The molecule has 17 heavy (non-hydrogen) atoms. The van der Waals surface area contributed by atoms with E-state index in [1.54, 1.807) is 0 Å². The van der Waals surface area contributed by atoms with Gasteiger partial charge in [0.2, 0.25) is 10.0 Å². The maximum Gasteiger partial charge on any atom is 0.336 e. The maximum absolute atomic E-state index is 11.9. The molecule has 1 rings (SSSR count). The Balaban J connectivity index is 2.93. The summed E-state index contributed by atoms with van der Waals surface area (Å²) in [5.74, 6) is -1.12. The Kier molecular flexibility index (Phi) is 4.67. The maximum atomic E-state index is 11.9. The number of carboxylic acids is 1. The molecule has 0 saturated carbocycles. The van der Waals surface area contributed by atoms with Crippen LogP contribution in [0, 0.1) is 0 Å². The molecule has 0 bridgehead atoms. The van der Waals surface area contributed by atoms with E-state index >= 15 is 0 Å². The number of carbonyl (C=O) groups is 1. The van der Waals surface area contributed by atoms with Crippen molar-refractivity contribution in [1.82, 2.24) is 4.72 Å². The van der Waals surface area contributed by atoms with Gasteiger partial charge in [0.1, 0.15) is 4.21 Å². The summed E-state index contributed by atoms with van der Waals surface area (Å²) in [6, 6.07) is 1.06. The van der Waals surface area contributed by atoms with E-state index in [2.05, 4.69) is 4.72 Å². The number of sulfonamides is 1. The third-order valence-electron chi connectivity index (χ3n) is 2.39. The van der Waals surface area contributed by atoms with Crippen LogP contribution in [0.15, 0.2) is 15.7 Å². The molecule has 1 aromatic heterocycles. The Bertz CT molecular complexity index is 488. The first-order valence-corrected chi connectivity index (χ1v) is 7.61. The van der Waals surface area contributed by atoms with Crippen molar-refractivity contribution < 1.29 is 18.3 Å². The van der Waals surface area contributed by atoms with E-state index in [9.17, 15) is 13.2 Å². The molecule has 0 radical (unpaired) electrons. The van der Waals surface area contributed by atoms with Crippen molar-refractivity contribution in [2.75, 3.05) is 0 Å². The summed E-state index contributed by atoms with van der Waals surface area (Å²) in [5.41, 5.74) is -0.0000723. The van der Waals surface area contributed by atoms with Gasteiger partial charge in [0.15, 0.2) is 0 Å². The van der Waals surface area contributed by atoms with E-state index in [-0.39, 0.29) is 15.8 Å². The minimum atomic E-state index is -3.59. The second-order valence-electron chi connectivity index (χ2n) is 3.59. The smallest absolute Gasteiger partial charge is 0.336 e. The van der Waals surface area contributed by atoms with Gasteiger partial charge in [0.05, 0.1) is 5.56 Å². The van der Waals surface area contributed by atoms with Crippen molar-refractivity contribution in [2.24, 2.45) is 0 Å². The molecule has 0 saturated heterocycles. The highest BCUT2D eigenvalue weighted by Gasteiger charge is 2.21. The summed E-state index contributed by atoms with van der Waals surface area (Å²) in [5, 5.41) is 10.1. The van der Waals surface area contributed by atoms with Gasteiger partial charge in [-0.25, -0.2) is 17.9 Å². The first-order chi connectivity index (χ1) is 7.90. The SMILES string of the molecule is CCC(CC)NS(=O)(=O)c1cc(C(=O)O)cs1. The second kappa shape index (κ2) is 5.61. The molecule has 7 heteroatoms. The van der Waals surface area contributed by atoms with E-state index < -0.39 is 16.0 Å². The highest BCUT2D eigenvalue weighted by atomic mass is 32.2. The quantitative estimate of drug-likeness (QED) is 0.832. The van der Waals surface area contributed by atoms with Crippen molar-refractivity contribution in [1.29, 1.82) is 0 Å². The van der Waals surface area contributed by atoms with E-state index in [4.69, 9.17) is 5.11 Å². The average Bonchev–Trinajstić information content (AvgIpc) is 2.75. The van der Waals surface area contributed by atoms with Crippen LogP contribution in [-0.2, 0) is 10.0 Å². The third kappa shape index (κ3) is 3.52. The molecule has 0 aliphatic carbocycles. The Morgan fingerprint density at radius 3 is 2.47 bits per heavy atom. The Labute approximate surface area is 105 Å². The Hall–Kier alpha value is -0.920. The highest BCUT2D eigenvalue weighted by molar-refractivity contribution is 7.91. The highest BCUT2D eigenvalue weighted by Crippen LogP contribution is 2.20. The number of carboxylic acid groups (broad SMARTS) is 1. The number of hydrogen-bond donors (Lipinski definition) is 2. The molecule has 96 valence electrons. The minimum Gasteiger partial charge on any atom is -0.478 e. The van der Waals surface area contributed by atoms with Gasteiger partial charge in [-0.15, -0.1) is 11.3 Å². The molecule has 5 nitrogen and oxygen atoms in total. The lowest BCUT2D eigenvalue weighted by atomic mass is 10.2. The van der Waals surface area contributed by atoms with Crippen LogP contribution < -0.4 is 4.72 Å². The van der Waals surface area contributed by atoms with Gasteiger partial charge in [-0.05, 0) is 18.9 Å². The standard InChI is InChI=1S/C10H15NO4S2/c1-3-8(4-2)11-17(14,15)9-5-7(6-16-9)10(12)13/h5-6,8,11H,3-4H2,1-2H3,(H,12,13). The van der Waals surface area contributed by atoms with Crippen LogP contribution in [0.3, 0.4) is 0 Å². The summed E-state index contributed by atoms with van der Waals surface area (Å²) in [4.78, 5) is 10.7. The van der Waals surface area contributed by atoms with Crippen molar-refractivity contribution in [3.8, 4) is 0 Å². The van der Waals surface area contributed by atoms with Crippen molar-refractivity contribution >= 4 is 27.3 Å². The zero-order chi connectivity index (χ0) is 13.1. The lowest BCUT2D eigenvalue weighted by molar-refractivity contribution is 0.0697. The van der Waals surface area contributed by atoms with Gasteiger partial charge in [0.25, 0.3) is 0 Å². The normalized spacial score (nSPS) is 11.9.